The van der Waals surface area contributed by atoms with E-state index in [1.165, 1.54) is 25.7 Å². The minimum atomic E-state index is 0. The largest absolute Gasteiger partial charge is 0.657 e. The van der Waals surface area contributed by atoms with Crippen LogP contribution in [0.1, 0.15) is 46.5 Å². The van der Waals surface area contributed by atoms with Crippen LogP contribution in [0.15, 0.2) is 0 Å². The summed E-state index contributed by atoms with van der Waals surface area (Å²) in [5.74, 6) is 0. The second-order valence-electron chi connectivity index (χ2n) is 5.46. The zero-order chi connectivity index (χ0) is 9.47. The van der Waals surface area contributed by atoms with Crippen molar-refractivity contribution in [3.05, 3.63) is 10.6 Å². The van der Waals surface area contributed by atoms with Crippen LogP contribution in [0.25, 0.3) is 10.6 Å². The third kappa shape index (κ3) is 3.91. The summed E-state index contributed by atoms with van der Waals surface area (Å²) in [5, 5.41) is 9.56. The molecule has 2 aliphatic rings. The molecule has 2 bridgehead atoms. The first-order valence-corrected chi connectivity index (χ1v) is 5.45. The topological polar surface area (TPSA) is 28.2 Å². The molecule has 85 valence electrons. The molecule has 2 aliphatic heterocycles. The zero-order valence-corrected chi connectivity index (χ0v) is 19.2. The smallest absolute Gasteiger partial charge is 0 e. The van der Waals surface area contributed by atoms with E-state index in [9.17, 15) is 0 Å². The Morgan fingerprint density at radius 1 is 1.07 bits per heavy atom. The molecule has 2 unspecified atom stereocenters. The van der Waals surface area contributed by atoms with Crippen molar-refractivity contribution >= 4 is 0 Å². The normalized spacial score (nSPS) is 34.2. The van der Waals surface area contributed by atoms with E-state index < -0.39 is 0 Å². The van der Waals surface area contributed by atoms with Crippen molar-refractivity contribution in [2.75, 3.05) is 0 Å². The number of hydrogen-bond acceptors (Lipinski definition) is 0. The fraction of sp³-hybridized carbons (Fsp3) is 1.00. The molecule has 0 saturated carbocycles. The average molecular weight is 634 g/mol. The standard InChI is InChI=1S/C11H20N2.Re.Rf/c1-11(2,3)13-10-6-8-4-5-9(7-10)12-8;;/h8-10H,4-7H2,1-3H3;;/q-2;;. The van der Waals surface area contributed by atoms with Crippen LogP contribution in [0, 0.1) is 0 Å². The number of piperidine rings is 1. The van der Waals surface area contributed by atoms with E-state index in [1.807, 2.05) is 0 Å². The SMILES string of the molecule is CC(C)(C)[N-]C1CC2CCC(C1)[N-]2.[Re].[Rf]. The van der Waals surface area contributed by atoms with Gasteiger partial charge in [0.25, 0.3) is 0 Å². The molecule has 0 aromatic rings. The second kappa shape index (κ2) is 5.08. The Hall–Kier alpha value is -0.418. The summed E-state index contributed by atoms with van der Waals surface area (Å²) >= 11 is 0. The van der Waals surface area contributed by atoms with E-state index >= 15 is 0 Å². The summed E-state index contributed by atoms with van der Waals surface area (Å²) in [6.45, 7) is 6.59. The molecule has 2 nitrogen and oxygen atoms in total. The van der Waals surface area contributed by atoms with Crippen molar-refractivity contribution in [1.82, 2.24) is 0 Å². The minimum absolute atomic E-state index is 0. The van der Waals surface area contributed by atoms with Gasteiger partial charge in [-0.15, -0.1) is 23.7 Å². The molecule has 2 saturated heterocycles. The molecule has 15 heavy (non-hydrogen) atoms. The Morgan fingerprint density at radius 3 is 1.93 bits per heavy atom. The van der Waals surface area contributed by atoms with Crippen LogP contribution in [0.2, 0.25) is 0 Å². The van der Waals surface area contributed by atoms with Gasteiger partial charge in [0.2, 0.25) is 0 Å². The van der Waals surface area contributed by atoms with Gasteiger partial charge >= 0.3 is 0 Å². The van der Waals surface area contributed by atoms with Crippen molar-refractivity contribution in [1.29, 1.82) is 0 Å². The minimum Gasteiger partial charge on any atom is -0.657 e. The van der Waals surface area contributed by atoms with Crippen molar-refractivity contribution in [2.45, 2.75) is 70.1 Å². The molecule has 2 atom stereocenters. The molecule has 0 aromatic carbocycles. The van der Waals surface area contributed by atoms with Crippen LogP contribution in [0.5, 0.6) is 0 Å². The van der Waals surface area contributed by atoms with Crippen LogP contribution in [0.4, 0.5) is 0 Å². The van der Waals surface area contributed by atoms with Crippen molar-refractivity contribution in [3.8, 4) is 0 Å². The molecule has 0 aliphatic carbocycles. The van der Waals surface area contributed by atoms with Gasteiger partial charge in [-0.1, -0.05) is 46.5 Å². The van der Waals surface area contributed by atoms with E-state index in [0.717, 1.165) is 0 Å². The van der Waals surface area contributed by atoms with E-state index in [0.29, 0.717) is 18.1 Å². The summed E-state index contributed by atoms with van der Waals surface area (Å²) in [6.07, 6.45) is 5.07. The average Bonchev–Trinajstić information content (AvgIpc) is 2.27. The van der Waals surface area contributed by atoms with Gasteiger partial charge in [-0.05, 0) is 0 Å². The van der Waals surface area contributed by atoms with Crippen molar-refractivity contribution < 1.29 is 20.4 Å². The maximum Gasteiger partial charge on any atom is 0 e. The van der Waals surface area contributed by atoms with Gasteiger partial charge < -0.3 is 10.6 Å². The van der Waals surface area contributed by atoms with Crippen LogP contribution in [-0.4, -0.2) is 23.7 Å². The summed E-state index contributed by atoms with van der Waals surface area (Å²) < 4.78 is 0. The fourth-order valence-electron chi connectivity index (χ4n) is 2.57. The van der Waals surface area contributed by atoms with Gasteiger partial charge in [0.1, 0.15) is 0 Å². The van der Waals surface area contributed by atoms with E-state index in [1.54, 1.807) is 0 Å². The number of fused-ring (bicyclic) bond motifs is 2. The van der Waals surface area contributed by atoms with Crippen LogP contribution < -0.4 is 0 Å². The molecule has 2 fully saturated rings. The van der Waals surface area contributed by atoms with E-state index in [-0.39, 0.29) is 26.0 Å². The van der Waals surface area contributed by atoms with Gasteiger partial charge in [-0.3, -0.25) is 0 Å². The maximum atomic E-state index is 4.85. The first kappa shape index (κ1) is 14.6. The molecule has 0 spiro atoms. The molecule has 1 radical (unpaired) electrons. The van der Waals surface area contributed by atoms with Gasteiger partial charge in [0, 0.05) is 20.4 Å². The first-order valence-electron chi connectivity index (χ1n) is 5.45. The number of nitrogens with zero attached hydrogens (tertiary/aromatic N) is 2. The Kier molecular flexibility index (Phi) is 4.93. The van der Waals surface area contributed by atoms with Crippen LogP contribution in [0.3, 0.4) is 0 Å². The quantitative estimate of drug-likeness (QED) is 0.425. The van der Waals surface area contributed by atoms with Gasteiger partial charge in [0.15, 0.2) is 0 Å². The molecule has 0 amide bonds. The molecule has 0 N–H and O–H groups in total. The Morgan fingerprint density at radius 2 is 1.53 bits per heavy atom. The van der Waals surface area contributed by atoms with Gasteiger partial charge in [0.05, 0.1) is 0 Å². The fourth-order valence-corrected chi connectivity index (χ4v) is 2.57. The molecule has 0 aromatic heterocycles. The monoisotopic (exact) mass is 634 g/mol. The van der Waals surface area contributed by atoms with Crippen LogP contribution in [-0.2, 0) is 20.4 Å². The second-order valence-corrected chi connectivity index (χ2v) is 5.46. The summed E-state index contributed by atoms with van der Waals surface area (Å²) in [5.41, 5.74) is 0.140. The predicted octanol–water partition coefficient (Wildman–Crippen LogP) is 3.22. The summed E-state index contributed by atoms with van der Waals surface area (Å²) in [7, 11) is 0. The molecular formula is C11H20N2ReRf-2. The summed E-state index contributed by atoms with van der Waals surface area (Å²) in [6, 6.07) is 1.89. The van der Waals surface area contributed by atoms with E-state index in [2.05, 4.69) is 20.8 Å². The molecule has 2 rings (SSSR count). The number of rotatable bonds is 1. The summed E-state index contributed by atoms with van der Waals surface area (Å²) in [4.78, 5) is 0. The first-order chi connectivity index (χ1) is 6.03. The molecule has 2 heterocycles. The third-order valence-corrected chi connectivity index (χ3v) is 2.91. The van der Waals surface area contributed by atoms with Gasteiger partial charge in [-0.25, -0.2) is 0 Å². The number of hydrogen-bond donors (Lipinski definition) is 0. The Labute approximate surface area is 101 Å². The van der Waals surface area contributed by atoms with Crippen LogP contribution >= 0.6 is 0 Å². The Balaban J connectivity index is 0.000000980. The Bertz CT molecular complexity index is 182. The maximum absolute atomic E-state index is 4.85. The zero-order valence-electron chi connectivity index (χ0n) is 10.0. The third-order valence-electron chi connectivity index (χ3n) is 2.91. The molecular weight excluding hydrogens is 613 g/mol. The van der Waals surface area contributed by atoms with Gasteiger partial charge in [-0.2, -0.15) is 0 Å². The van der Waals surface area contributed by atoms with E-state index in [4.69, 9.17) is 10.6 Å². The molecule has 4 heteroatoms. The van der Waals surface area contributed by atoms with Crippen molar-refractivity contribution in [3.63, 3.8) is 0 Å². The van der Waals surface area contributed by atoms with Crippen molar-refractivity contribution in [2.24, 2.45) is 0 Å². The predicted molar refractivity (Wildman–Crippen MR) is 56.3 cm³/mol.